The lowest BCUT2D eigenvalue weighted by atomic mass is 10.1. The number of benzene rings is 2. The molecule has 0 N–H and O–H groups in total. The first-order valence-electron chi connectivity index (χ1n) is 12.4. The molecule has 6 rings (SSSR count). The number of aryl methyl sites for hydroxylation is 1. The number of fused-ring (bicyclic) bond motifs is 2. The topological polar surface area (TPSA) is 41.4 Å². The van der Waals surface area contributed by atoms with Crippen molar-refractivity contribution in [1.29, 1.82) is 0 Å². The number of hydrogen-bond donors (Lipinski definition) is 0. The molecule has 1 fully saturated rings. The second-order valence-corrected chi connectivity index (χ2v) is 11.1. The fourth-order valence-corrected chi connectivity index (χ4v) is 6.63. The van der Waals surface area contributed by atoms with Crippen molar-refractivity contribution in [3.8, 4) is 10.6 Å². The van der Waals surface area contributed by atoms with Crippen LogP contribution in [0.3, 0.4) is 0 Å². The summed E-state index contributed by atoms with van der Waals surface area (Å²) in [5, 5.41) is 2.81. The molecular weight excluding hydrogens is 476 g/mol. The molecule has 180 valence electrons. The number of rotatable bonds is 5. The standard InChI is InChI=1S/C28H29ClN4OS/c1-18-19(2)32(16-15-31-12-3-4-13-31)25-10-9-22(17-23(18)25)33-14-11-24-26(28(33)34)35-27(30-24)20-5-7-21(29)8-6-20/h5-10,17H,3-4,11-16H2,1-2H3. The zero-order valence-electron chi connectivity index (χ0n) is 20.2. The fourth-order valence-electron chi connectivity index (χ4n) is 5.43. The number of halogens is 1. The van der Waals surface area contributed by atoms with Crippen LogP contribution in [-0.4, -0.2) is 46.5 Å². The molecule has 2 aromatic heterocycles. The van der Waals surface area contributed by atoms with Crippen LogP contribution >= 0.6 is 22.9 Å². The summed E-state index contributed by atoms with van der Waals surface area (Å²) in [5.74, 6) is 0.0474. The van der Waals surface area contributed by atoms with Gasteiger partial charge in [-0.3, -0.25) is 4.79 Å². The first-order chi connectivity index (χ1) is 17.0. The summed E-state index contributed by atoms with van der Waals surface area (Å²) in [6.45, 7) is 9.61. The maximum atomic E-state index is 13.5. The number of likely N-dealkylation sites (tertiary alicyclic amines) is 1. The molecule has 2 aromatic carbocycles. The molecule has 0 aliphatic carbocycles. The van der Waals surface area contributed by atoms with Crippen molar-refractivity contribution in [1.82, 2.24) is 14.5 Å². The van der Waals surface area contributed by atoms with Gasteiger partial charge in [0.05, 0.1) is 5.69 Å². The molecule has 7 heteroatoms. The van der Waals surface area contributed by atoms with E-state index in [1.54, 1.807) is 0 Å². The minimum Gasteiger partial charge on any atom is -0.343 e. The smallest absolute Gasteiger partial charge is 0.270 e. The fraction of sp³-hybridized carbons (Fsp3) is 0.357. The van der Waals surface area contributed by atoms with E-state index < -0.39 is 0 Å². The van der Waals surface area contributed by atoms with Gasteiger partial charge in [0.25, 0.3) is 5.91 Å². The molecule has 1 saturated heterocycles. The van der Waals surface area contributed by atoms with E-state index in [2.05, 4.69) is 41.5 Å². The highest BCUT2D eigenvalue weighted by molar-refractivity contribution is 7.17. The predicted molar refractivity (Wildman–Crippen MR) is 145 cm³/mol. The highest BCUT2D eigenvalue weighted by atomic mass is 35.5. The average molecular weight is 505 g/mol. The zero-order chi connectivity index (χ0) is 24.1. The maximum Gasteiger partial charge on any atom is 0.270 e. The van der Waals surface area contributed by atoms with Crippen LogP contribution in [0.15, 0.2) is 42.5 Å². The Bertz CT molecular complexity index is 1420. The van der Waals surface area contributed by atoms with Gasteiger partial charge in [-0.15, -0.1) is 11.3 Å². The number of thiazole rings is 1. The molecule has 1 amide bonds. The van der Waals surface area contributed by atoms with Gasteiger partial charge in [-0.2, -0.15) is 0 Å². The summed E-state index contributed by atoms with van der Waals surface area (Å²) >= 11 is 7.52. The number of anilines is 1. The van der Waals surface area contributed by atoms with Crippen LogP contribution < -0.4 is 4.90 Å². The lowest BCUT2D eigenvalue weighted by molar-refractivity contribution is 0.0984. The lowest BCUT2D eigenvalue weighted by Crippen LogP contribution is -2.36. The van der Waals surface area contributed by atoms with Gasteiger partial charge >= 0.3 is 0 Å². The highest BCUT2D eigenvalue weighted by Crippen LogP contribution is 2.35. The van der Waals surface area contributed by atoms with Crippen molar-refractivity contribution >= 4 is 45.4 Å². The minimum absolute atomic E-state index is 0.0474. The van der Waals surface area contributed by atoms with E-state index in [9.17, 15) is 4.79 Å². The normalized spacial score (nSPS) is 16.4. The first kappa shape index (κ1) is 22.8. The molecule has 5 nitrogen and oxygen atoms in total. The molecule has 0 saturated carbocycles. The van der Waals surface area contributed by atoms with Crippen LogP contribution in [0, 0.1) is 13.8 Å². The van der Waals surface area contributed by atoms with Crippen molar-refractivity contribution in [2.75, 3.05) is 31.1 Å². The third-order valence-corrected chi connectivity index (χ3v) is 8.96. The Morgan fingerprint density at radius 1 is 1.00 bits per heavy atom. The Morgan fingerprint density at radius 3 is 2.54 bits per heavy atom. The van der Waals surface area contributed by atoms with Crippen LogP contribution in [0.1, 0.15) is 39.5 Å². The molecule has 35 heavy (non-hydrogen) atoms. The van der Waals surface area contributed by atoms with Gasteiger partial charge in [0.1, 0.15) is 9.88 Å². The zero-order valence-corrected chi connectivity index (χ0v) is 21.8. The van der Waals surface area contributed by atoms with Crippen LogP contribution in [0.5, 0.6) is 0 Å². The number of nitrogens with zero attached hydrogens (tertiary/aromatic N) is 4. The third-order valence-electron chi connectivity index (χ3n) is 7.57. The summed E-state index contributed by atoms with van der Waals surface area (Å²) in [7, 11) is 0. The Hall–Kier alpha value is -2.67. The van der Waals surface area contributed by atoms with Gasteiger partial charge in [0.2, 0.25) is 0 Å². The van der Waals surface area contributed by atoms with E-state index in [1.807, 2.05) is 29.2 Å². The largest absolute Gasteiger partial charge is 0.343 e. The third kappa shape index (κ3) is 4.07. The molecule has 2 aliphatic rings. The van der Waals surface area contributed by atoms with Gasteiger partial charge in [-0.05, 0) is 75.7 Å². The van der Waals surface area contributed by atoms with Gasteiger partial charge in [-0.1, -0.05) is 23.7 Å². The van der Waals surface area contributed by atoms with Crippen molar-refractivity contribution in [2.24, 2.45) is 0 Å². The van der Waals surface area contributed by atoms with Crippen LogP contribution in [0.4, 0.5) is 5.69 Å². The molecule has 0 bridgehead atoms. The van der Waals surface area contributed by atoms with Gasteiger partial charge in [-0.25, -0.2) is 4.98 Å². The van der Waals surface area contributed by atoms with Crippen molar-refractivity contribution in [3.63, 3.8) is 0 Å². The quantitative estimate of drug-likeness (QED) is 0.318. The molecular formula is C28H29ClN4OS. The Labute approximate surface area is 214 Å². The van der Waals surface area contributed by atoms with E-state index in [4.69, 9.17) is 16.6 Å². The Balaban J connectivity index is 1.28. The molecule has 0 atom stereocenters. The number of amides is 1. The summed E-state index contributed by atoms with van der Waals surface area (Å²) in [6, 6.07) is 14.2. The second-order valence-electron chi connectivity index (χ2n) is 9.62. The minimum atomic E-state index is 0.0474. The van der Waals surface area contributed by atoms with Gasteiger partial charge in [0.15, 0.2) is 0 Å². The van der Waals surface area contributed by atoms with Crippen LogP contribution in [0.25, 0.3) is 21.5 Å². The summed E-state index contributed by atoms with van der Waals surface area (Å²) in [5.41, 5.74) is 6.75. The summed E-state index contributed by atoms with van der Waals surface area (Å²) in [4.78, 5) is 23.5. The molecule has 0 radical (unpaired) electrons. The Kier molecular flexibility index (Phi) is 5.91. The number of hydrogen-bond acceptors (Lipinski definition) is 4. The van der Waals surface area contributed by atoms with Gasteiger partial charge in [0, 0.05) is 58.9 Å². The molecule has 4 aromatic rings. The number of carbonyl (C=O) groups excluding carboxylic acids is 1. The lowest BCUT2D eigenvalue weighted by Gasteiger charge is -2.26. The number of aromatic nitrogens is 2. The maximum absolute atomic E-state index is 13.5. The van der Waals surface area contributed by atoms with E-state index in [-0.39, 0.29) is 5.91 Å². The summed E-state index contributed by atoms with van der Waals surface area (Å²) in [6.07, 6.45) is 3.40. The first-order valence-corrected chi connectivity index (χ1v) is 13.6. The Morgan fingerprint density at radius 2 is 1.77 bits per heavy atom. The van der Waals surface area contributed by atoms with E-state index >= 15 is 0 Å². The number of carbonyl (C=O) groups is 1. The monoisotopic (exact) mass is 504 g/mol. The average Bonchev–Trinajstić information content (AvgIpc) is 3.59. The van der Waals surface area contributed by atoms with Crippen molar-refractivity contribution in [3.05, 3.63) is 69.3 Å². The van der Waals surface area contributed by atoms with Gasteiger partial charge < -0.3 is 14.4 Å². The van der Waals surface area contributed by atoms with Crippen LogP contribution in [0.2, 0.25) is 5.02 Å². The highest BCUT2D eigenvalue weighted by Gasteiger charge is 2.30. The van der Waals surface area contributed by atoms with Crippen LogP contribution in [-0.2, 0) is 13.0 Å². The molecule has 0 spiro atoms. The predicted octanol–water partition coefficient (Wildman–Crippen LogP) is 6.33. The molecule has 4 heterocycles. The SMILES string of the molecule is Cc1c(C)n(CCN2CCCC2)c2ccc(N3CCc4nc(-c5ccc(Cl)cc5)sc4C3=O)cc12. The van der Waals surface area contributed by atoms with E-state index in [0.29, 0.717) is 11.6 Å². The van der Waals surface area contributed by atoms with E-state index in [0.717, 1.165) is 46.3 Å². The summed E-state index contributed by atoms with van der Waals surface area (Å²) < 4.78 is 2.45. The van der Waals surface area contributed by atoms with Crippen molar-refractivity contribution < 1.29 is 4.79 Å². The van der Waals surface area contributed by atoms with E-state index in [1.165, 1.54) is 59.4 Å². The second kappa shape index (κ2) is 9.08. The molecule has 2 aliphatic heterocycles. The molecule has 0 unspecified atom stereocenters. The van der Waals surface area contributed by atoms with Crippen molar-refractivity contribution in [2.45, 2.75) is 39.7 Å².